The van der Waals surface area contributed by atoms with Crippen LogP contribution in [0.3, 0.4) is 0 Å². The Kier molecular flexibility index (Phi) is 6.62. The van der Waals surface area contributed by atoms with Gasteiger partial charge in [-0.05, 0) is 43.0 Å². The smallest absolute Gasteiger partial charge is 0.172 e. The number of rotatable bonds is 7. The largest absolute Gasteiger partial charge is 0.493 e. The number of Topliss-reactive ketones (excluding diaryl/α,β-unsaturated/α-hetero) is 1. The van der Waals surface area contributed by atoms with Gasteiger partial charge in [-0.1, -0.05) is 33.1 Å². The van der Waals surface area contributed by atoms with Gasteiger partial charge in [-0.15, -0.1) is 0 Å². The van der Waals surface area contributed by atoms with E-state index in [0.29, 0.717) is 23.5 Å². The molecule has 3 heteroatoms. The number of hydrogen-bond donors (Lipinski definition) is 0. The van der Waals surface area contributed by atoms with Crippen molar-refractivity contribution in [2.75, 3.05) is 12.4 Å². The maximum absolute atomic E-state index is 12.2. The Morgan fingerprint density at radius 1 is 1.19 bits per heavy atom. The molecular weight excluding hydrogens is 280 g/mol. The fraction of sp³-hybridized carbons (Fsp3) is 0.611. The number of hydrogen-bond acceptors (Lipinski definition) is 3. The molecule has 0 unspecified atom stereocenters. The molecule has 0 saturated heterocycles. The molecule has 0 aromatic heterocycles. The Balaban J connectivity index is 1.79. The van der Waals surface area contributed by atoms with Gasteiger partial charge >= 0.3 is 0 Å². The van der Waals surface area contributed by atoms with Gasteiger partial charge in [0.2, 0.25) is 0 Å². The summed E-state index contributed by atoms with van der Waals surface area (Å²) >= 11 is 1.84. The van der Waals surface area contributed by atoms with Gasteiger partial charge in [0.05, 0.1) is 12.4 Å². The molecule has 0 aliphatic heterocycles. The highest BCUT2D eigenvalue weighted by Gasteiger charge is 2.16. The van der Waals surface area contributed by atoms with Crippen LogP contribution in [0.2, 0.25) is 0 Å². The van der Waals surface area contributed by atoms with Gasteiger partial charge < -0.3 is 4.74 Å². The number of ether oxygens (including phenoxy) is 1. The van der Waals surface area contributed by atoms with Crippen LogP contribution in [0.5, 0.6) is 5.75 Å². The van der Waals surface area contributed by atoms with Crippen LogP contribution in [-0.4, -0.2) is 23.4 Å². The van der Waals surface area contributed by atoms with Crippen LogP contribution in [0.1, 0.15) is 56.3 Å². The molecule has 0 radical (unpaired) electrons. The van der Waals surface area contributed by atoms with E-state index in [0.717, 1.165) is 11.3 Å². The number of carbonyl (C=O) groups excluding carboxylic acids is 1. The Labute approximate surface area is 132 Å². The molecule has 2 nitrogen and oxygen atoms in total. The first-order valence-corrected chi connectivity index (χ1v) is 9.07. The zero-order valence-corrected chi connectivity index (χ0v) is 14.0. The van der Waals surface area contributed by atoms with Crippen LogP contribution < -0.4 is 4.74 Å². The van der Waals surface area contributed by atoms with Crippen molar-refractivity contribution in [3.05, 3.63) is 29.8 Å². The van der Waals surface area contributed by atoms with E-state index in [1.165, 1.54) is 32.1 Å². The van der Waals surface area contributed by atoms with Gasteiger partial charge in [0, 0.05) is 10.8 Å². The van der Waals surface area contributed by atoms with Crippen LogP contribution in [-0.2, 0) is 0 Å². The summed E-state index contributed by atoms with van der Waals surface area (Å²) < 4.78 is 5.64. The number of benzene rings is 1. The normalized spacial score (nSPS) is 16.1. The van der Waals surface area contributed by atoms with Gasteiger partial charge in [-0.25, -0.2) is 0 Å². The molecule has 2 rings (SSSR count). The van der Waals surface area contributed by atoms with Crippen molar-refractivity contribution in [3.63, 3.8) is 0 Å². The summed E-state index contributed by atoms with van der Waals surface area (Å²) in [6.07, 6.45) is 6.57. The minimum Gasteiger partial charge on any atom is -0.493 e. The second-order valence-corrected chi connectivity index (χ2v) is 7.51. The molecule has 0 heterocycles. The minimum absolute atomic E-state index is 0.237. The van der Waals surface area contributed by atoms with Crippen molar-refractivity contribution >= 4 is 17.5 Å². The van der Waals surface area contributed by atoms with E-state index in [4.69, 9.17) is 4.74 Å². The third kappa shape index (κ3) is 5.74. The third-order valence-electron chi connectivity index (χ3n) is 3.76. The van der Waals surface area contributed by atoms with Crippen LogP contribution in [0.15, 0.2) is 24.3 Å². The highest BCUT2D eigenvalue weighted by Crippen LogP contribution is 2.28. The molecule has 1 saturated carbocycles. The minimum atomic E-state index is 0.237. The van der Waals surface area contributed by atoms with Crippen LogP contribution in [0.25, 0.3) is 0 Å². The van der Waals surface area contributed by atoms with Crippen LogP contribution in [0, 0.1) is 5.92 Å². The SMILES string of the molecule is CC(C)COc1ccc(C(=O)CSC2CCCCC2)cc1. The molecular formula is C18H26O2S. The summed E-state index contributed by atoms with van der Waals surface area (Å²) in [5.74, 6) is 2.20. The molecule has 0 amide bonds. The number of ketones is 1. The van der Waals surface area contributed by atoms with E-state index in [2.05, 4.69) is 13.8 Å². The highest BCUT2D eigenvalue weighted by atomic mass is 32.2. The van der Waals surface area contributed by atoms with Crippen LogP contribution >= 0.6 is 11.8 Å². The number of carbonyl (C=O) groups is 1. The lowest BCUT2D eigenvalue weighted by Gasteiger charge is -2.20. The van der Waals surface area contributed by atoms with Gasteiger partial charge in [0.25, 0.3) is 0 Å². The lowest BCUT2D eigenvalue weighted by Crippen LogP contribution is -2.12. The van der Waals surface area contributed by atoms with Gasteiger partial charge in [0.15, 0.2) is 5.78 Å². The van der Waals surface area contributed by atoms with E-state index >= 15 is 0 Å². The first-order chi connectivity index (χ1) is 10.1. The first kappa shape index (κ1) is 16.4. The Bertz CT molecular complexity index is 433. The third-order valence-corrected chi connectivity index (χ3v) is 5.13. The maximum Gasteiger partial charge on any atom is 0.172 e. The molecule has 0 bridgehead atoms. The van der Waals surface area contributed by atoms with Crippen molar-refractivity contribution in [1.82, 2.24) is 0 Å². The fourth-order valence-corrected chi connectivity index (χ4v) is 3.73. The topological polar surface area (TPSA) is 26.3 Å². The summed E-state index contributed by atoms with van der Waals surface area (Å²) in [5.41, 5.74) is 0.801. The monoisotopic (exact) mass is 306 g/mol. The molecule has 1 aromatic rings. The van der Waals surface area contributed by atoms with Gasteiger partial charge in [0.1, 0.15) is 5.75 Å². The Morgan fingerprint density at radius 3 is 2.48 bits per heavy atom. The summed E-state index contributed by atoms with van der Waals surface area (Å²) in [4.78, 5) is 12.2. The lowest BCUT2D eigenvalue weighted by molar-refractivity contribution is 0.102. The summed E-state index contributed by atoms with van der Waals surface area (Å²) in [6, 6.07) is 7.58. The second kappa shape index (κ2) is 8.47. The maximum atomic E-state index is 12.2. The molecule has 0 atom stereocenters. The van der Waals surface area contributed by atoms with E-state index in [9.17, 15) is 4.79 Å². The standard InChI is InChI=1S/C18H26O2S/c1-14(2)12-20-16-10-8-15(9-11-16)18(19)13-21-17-6-4-3-5-7-17/h8-11,14,17H,3-7,12-13H2,1-2H3. The molecule has 0 spiro atoms. The van der Waals surface area contributed by atoms with E-state index in [-0.39, 0.29) is 5.78 Å². The molecule has 0 N–H and O–H groups in total. The predicted octanol–water partition coefficient (Wildman–Crippen LogP) is 4.97. The summed E-state index contributed by atoms with van der Waals surface area (Å²) in [5, 5.41) is 0.691. The average molecular weight is 306 g/mol. The van der Waals surface area contributed by atoms with Gasteiger partial charge in [-0.2, -0.15) is 11.8 Å². The van der Waals surface area contributed by atoms with E-state index in [1.54, 1.807) is 0 Å². The zero-order chi connectivity index (χ0) is 15.1. The lowest BCUT2D eigenvalue weighted by atomic mass is 10.0. The summed E-state index contributed by atoms with van der Waals surface area (Å²) in [6.45, 7) is 4.96. The molecule has 1 aliphatic carbocycles. The van der Waals surface area contributed by atoms with Crippen molar-refractivity contribution in [1.29, 1.82) is 0 Å². The van der Waals surface area contributed by atoms with Crippen molar-refractivity contribution in [2.45, 2.75) is 51.2 Å². The molecule has 1 aliphatic rings. The molecule has 1 aromatic carbocycles. The van der Waals surface area contributed by atoms with Crippen molar-refractivity contribution < 1.29 is 9.53 Å². The second-order valence-electron chi connectivity index (χ2n) is 6.22. The number of thioether (sulfide) groups is 1. The molecule has 116 valence electrons. The highest BCUT2D eigenvalue weighted by molar-refractivity contribution is 8.00. The van der Waals surface area contributed by atoms with Crippen molar-refractivity contribution in [2.24, 2.45) is 5.92 Å². The molecule has 1 fully saturated rings. The molecule has 21 heavy (non-hydrogen) atoms. The summed E-state index contributed by atoms with van der Waals surface area (Å²) in [7, 11) is 0. The fourth-order valence-electron chi connectivity index (χ4n) is 2.51. The quantitative estimate of drug-likeness (QED) is 0.665. The predicted molar refractivity (Wildman–Crippen MR) is 90.4 cm³/mol. The zero-order valence-electron chi connectivity index (χ0n) is 13.1. The van der Waals surface area contributed by atoms with Crippen molar-refractivity contribution in [3.8, 4) is 5.75 Å². The van der Waals surface area contributed by atoms with Crippen LogP contribution in [0.4, 0.5) is 0 Å². The Hall–Kier alpha value is -0.960. The average Bonchev–Trinajstić information content (AvgIpc) is 2.52. The Morgan fingerprint density at radius 2 is 1.86 bits per heavy atom. The first-order valence-electron chi connectivity index (χ1n) is 8.03. The van der Waals surface area contributed by atoms with Gasteiger partial charge in [-0.3, -0.25) is 4.79 Å². The van der Waals surface area contributed by atoms with E-state index in [1.807, 2.05) is 36.0 Å². The van der Waals surface area contributed by atoms with E-state index < -0.39 is 0 Å².